The van der Waals surface area contributed by atoms with E-state index in [-0.39, 0.29) is 23.9 Å². The number of likely N-dealkylation sites (tertiary alicyclic amines) is 1. The highest BCUT2D eigenvalue weighted by Crippen LogP contribution is 2.37. The monoisotopic (exact) mass is 595 g/mol. The van der Waals surface area contributed by atoms with Gasteiger partial charge in [-0.25, -0.2) is 4.98 Å². The maximum atomic E-state index is 13.3. The molecule has 9 nitrogen and oxygen atoms in total. The second-order valence-electron chi connectivity index (χ2n) is 11.9. The summed E-state index contributed by atoms with van der Waals surface area (Å²) in [5.74, 6) is 0.314. The van der Waals surface area contributed by atoms with Crippen LogP contribution in [0.1, 0.15) is 56.2 Å². The number of aliphatic hydroxyl groups is 1. The van der Waals surface area contributed by atoms with Gasteiger partial charge in [0.1, 0.15) is 11.4 Å². The molecule has 2 saturated heterocycles. The van der Waals surface area contributed by atoms with Gasteiger partial charge in [0.2, 0.25) is 5.91 Å². The van der Waals surface area contributed by atoms with Crippen molar-refractivity contribution in [3.8, 4) is 11.3 Å². The van der Waals surface area contributed by atoms with Crippen LogP contribution in [-0.4, -0.2) is 74.1 Å². The lowest BCUT2D eigenvalue weighted by Crippen LogP contribution is -2.46. The van der Waals surface area contributed by atoms with E-state index in [1.165, 1.54) is 6.20 Å². The Bertz CT molecular complexity index is 1390. The Hall–Kier alpha value is -3.64. The Kier molecular flexibility index (Phi) is 8.32. The van der Waals surface area contributed by atoms with Crippen molar-refractivity contribution < 1.29 is 23.1 Å². The van der Waals surface area contributed by atoms with Gasteiger partial charge in [-0.3, -0.25) is 19.7 Å². The molecular weight excluding hydrogens is 559 g/mol. The van der Waals surface area contributed by atoms with E-state index in [1.807, 2.05) is 21.9 Å². The molecule has 228 valence electrons. The normalized spacial score (nSPS) is 25.2. The van der Waals surface area contributed by atoms with Gasteiger partial charge in [-0.1, -0.05) is 0 Å². The van der Waals surface area contributed by atoms with Crippen LogP contribution in [-0.2, 0) is 16.6 Å². The zero-order chi connectivity index (χ0) is 30.0. The zero-order valence-corrected chi connectivity index (χ0v) is 23.9. The van der Waals surface area contributed by atoms with E-state index < -0.39 is 17.3 Å². The average Bonchev–Trinajstić information content (AvgIpc) is 3.51. The highest BCUT2D eigenvalue weighted by Gasteiger charge is 2.39. The Morgan fingerprint density at radius 2 is 1.70 bits per heavy atom. The van der Waals surface area contributed by atoms with Gasteiger partial charge >= 0.3 is 6.18 Å². The first-order valence-electron chi connectivity index (χ1n) is 15.0. The van der Waals surface area contributed by atoms with Crippen LogP contribution in [0.3, 0.4) is 0 Å². The van der Waals surface area contributed by atoms with Gasteiger partial charge in [0, 0.05) is 74.5 Å². The van der Waals surface area contributed by atoms with Crippen LogP contribution in [0.15, 0.2) is 55.2 Å². The highest BCUT2D eigenvalue weighted by atomic mass is 19.4. The van der Waals surface area contributed by atoms with E-state index in [0.717, 1.165) is 42.7 Å². The lowest BCUT2D eigenvalue weighted by Gasteiger charge is -2.37. The predicted molar refractivity (Wildman–Crippen MR) is 154 cm³/mol. The number of carbonyl (C=O) groups excluding carboxylic acids is 1. The van der Waals surface area contributed by atoms with Crippen molar-refractivity contribution >= 4 is 11.7 Å². The number of nitrogens with zero attached hydrogens (tertiary/aromatic N) is 6. The molecule has 0 spiro atoms. The van der Waals surface area contributed by atoms with Gasteiger partial charge in [-0.15, -0.1) is 0 Å². The summed E-state index contributed by atoms with van der Waals surface area (Å²) in [6.07, 6.45) is 8.39. The van der Waals surface area contributed by atoms with Crippen molar-refractivity contribution in [3.63, 3.8) is 0 Å². The van der Waals surface area contributed by atoms with E-state index in [0.29, 0.717) is 63.4 Å². The minimum absolute atomic E-state index is 0.127. The Balaban J connectivity index is 0.955. The molecule has 1 amide bonds. The summed E-state index contributed by atoms with van der Waals surface area (Å²) in [4.78, 5) is 34.1. The van der Waals surface area contributed by atoms with E-state index in [1.54, 1.807) is 24.8 Å². The second-order valence-corrected chi connectivity index (χ2v) is 11.9. The molecule has 0 radical (unpaired) electrons. The third-order valence-corrected chi connectivity index (χ3v) is 9.12. The van der Waals surface area contributed by atoms with Crippen LogP contribution in [0.2, 0.25) is 0 Å². The van der Waals surface area contributed by atoms with Crippen molar-refractivity contribution in [3.05, 3.63) is 66.5 Å². The minimum Gasteiger partial charge on any atom is -0.384 e. The molecule has 1 aliphatic carbocycles. The number of alkyl halides is 3. The summed E-state index contributed by atoms with van der Waals surface area (Å²) in [6.45, 7) is 2.36. The highest BCUT2D eigenvalue weighted by molar-refractivity contribution is 5.79. The molecule has 3 fully saturated rings. The number of anilines is 1. The van der Waals surface area contributed by atoms with Gasteiger partial charge in [0.05, 0.1) is 23.1 Å². The average molecular weight is 596 g/mol. The molecule has 1 atom stereocenters. The minimum atomic E-state index is -4.41. The van der Waals surface area contributed by atoms with Crippen LogP contribution in [0.4, 0.5) is 19.0 Å². The summed E-state index contributed by atoms with van der Waals surface area (Å²) in [5, 5.41) is 15.1. The number of hydrogen-bond acceptors (Lipinski definition) is 8. The first kappa shape index (κ1) is 29.4. The molecule has 3 aromatic rings. The van der Waals surface area contributed by atoms with Gasteiger partial charge in [-0.05, 0) is 69.2 Å². The molecule has 43 heavy (non-hydrogen) atoms. The first-order chi connectivity index (χ1) is 20.7. The van der Waals surface area contributed by atoms with Crippen molar-refractivity contribution in [2.45, 2.75) is 68.8 Å². The summed E-state index contributed by atoms with van der Waals surface area (Å²) < 4.78 is 39.3. The number of pyridine rings is 2. The van der Waals surface area contributed by atoms with Crippen molar-refractivity contribution in [2.24, 2.45) is 5.92 Å². The van der Waals surface area contributed by atoms with E-state index in [2.05, 4.69) is 25.3 Å². The third kappa shape index (κ3) is 6.65. The summed E-state index contributed by atoms with van der Waals surface area (Å²) in [6, 6.07) is 6.33. The molecular formula is C31H36F3N7O2. The van der Waals surface area contributed by atoms with E-state index in [4.69, 9.17) is 0 Å². The number of hydrogen-bond donors (Lipinski definition) is 2. The van der Waals surface area contributed by atoms with Crippen molar-refractivity contribution in [2.75, 3.05) is 31.1 Å². The summed E-state index contributed by atoms with van der Waals surface area (Å²) in [5.41, 5.74) is 0.595. The second kappa shape index (κ2) is 12.2. The number of aromatic nitrogens is 4. The zero-order valence-electron chi connectivity index (χ0n) is 23.9. The molecule has 0 aromatic carbocycles. The molecule has 0 unspecified atom stereocenters. The molecule has 12 heteroatoms. The van der Waals surface area contributed by atoms with Gasteiger partial charge < -0.3 is 20.2 Å². The Morgan fingerprint density at radius 3 is 2.37 bits per heavy atom. The third-order valence-electron chi connectivity index (χ3n) is 9.12. The molecule has 5 heterocycles. The summed E-state index contributed by atoms with van der Waals surface area (Å²) in [7, 11) is 0. The molecule has 3 aromatic heterocycles. The van der Waals surface area contributed by atoms with E-state index >= 15 is 0 Å². The lowest BCUT2D eigenvalue weighted by molar-refractivity contribution is -0.137. The molecule has 1 saturated carbocycles. The van der Waals surface area contributed by atoms with Crippen LogP contribution >= 0.6 is 0 Å². The number of rotatable bonds is 6. The van der Waals surface area contributed by atoms with Crippen LogP contribution in [0.25, 0.3) is 11.3 Å². The lowest BCUT2D eigenvalue weighted by atomic mass is 9.79. The first-order valence-corrected chi connectivity index (χ1v) is 15.0. The molecule has 6 rings (SSSR count). The number of piperidine rings is 1. The number of halogens is 3. The van der Waals surface area contributed by atoms with Crippen molar-refractivity contribution in [1.82, 2.24) is 30.2 Å². The fourth-order valence-electron chi connectivity index (χ4n) is 6.60. The van der Waals surface area contributed by atoms with Gasteiger partial charge in [0.15, 0.2) is 0 Å². The maximum absolute atomic E-state index is 13.3. The smallest absolute Gasteiger partial charge is 0.384 e. The van der Waals surface area contributed by atoms with Gasteiger partial charge in [0.25, 0.3) is 0 Å². The topological polar surface area (TPSA) is 107 Å². The Morgan fingerprint density at radius 1 is 0.907 bits per heavy atom. The predicted octanol–water partition coefficient (Wildman–Crippen LogP) is 4.19. The van der Waals surface area contributed by atoms with Crippen LogP contribution in [0, 0.1) is 5.92 Å². The quantitative estimate of drug-likeness (QED) is 0.437. The number of amides is 1. The SMILES string of the molecule is O=C(C1CCN(c2cc(C(F)(F)F)ccn2)CC1)N1CC[C@H](NC2CCC(O)(c3ccc(-c4cnccn4)cn3)CC2)C1. The number of carbonyl (C=O) groups is 1. The molecule has 3 aliphatic rings. The maximum Gasteiger partial charge on any atom is 0.416 e. The molecule has 0 bridgehead atoms. The molecule has 2 N–H and O–H groups in total. The molecule has 2 aliphatic heterocycles. The largest absolute Gasteiger partial charge is 0.416 e. The fourth-order valence-corrected chi connectivity index (χ4v) is 6.60. The standard InChI is InChI=1S/C31H36F3N7O2/c32-31(33,34)23-5-11-37-28(17-23)40-14-6-21(7-15-40)29(42)41-16-8-25(20-41)39-24-3-9-30(43,10-4-24)27-2-1-22(18-38-27)26-19-35-12-13-36-26/h1-2,5,11-13,17-19,21,24-25,39,43H,3-4,6-10,14-16,20H2/t24?,25-,30?/m0/s1. The number of nitrogens with one attached hydrogen (secondary N) is 1. The summed E-state index contributed by atoms with van der Waals surface area (Å²) >= 11 is 0. The van der Waals surface area contributed by atoms with Gasteiger partial charge in [-0.2, -0.15) is 13.2 Å². The van der Waals surface area contributed by atoms with Crippen LogP contribution in [0.5, 0.6) is 0 Å². The fraction of sp³-hybridized carbons (Fsp3) is 0.516. The Labute approximate surface area is 248 Å². The van der Waals surface area contributed by atoms with Crippen molar-refractivity contribution in [1.29, 1.82) is 0 Å². The van der Waals surface area contributed by atoms with E-state index in [9.17, 15) is 23.1 Å². The van der Waals surface area contributed by atoms with Crippen LogP contribution < -0.4 is 10.2 Å².